The molecule has 0 aromatic heterocycles. The molecule has 0 saturated carbocycles. The monoisotopic (exact) mass is 259 g/mol. The number of halogens is 1. The van der Waals surface area contributed by atoms with E-state index in [0.29, 0.717) is 6.61 Å². The minimum atomic E-state index is -0.319. The number of alkyl carbamates (subject to hydrolysis) is 1. The first-order valence-corrected chi connectivity index (χ1v) is 6.09. The van der Waals surface area contributed by atoms with E-state index in [1.807, 2.05) is 6.26 Å². The Morgan fingerprint density at radius 3 is 2.62 bits per heavy atom. The number of rotatable bonds is 2. The lowest BCUT2D eigenvalue weighted by atomic mass is 10.0. The van der Waals surface area contributed by atoms with Crippen molar-refractivity contribution in [1.29, 1.82) is 0 Å². The van der Waals surface area contributed by atoms with Crippen LogP contribution in [0.1, 0.15) is 18.0 Å². The number of benzene rings is 1. The molecular weight excluding hydrogens is 246 g/mol. The third kappa shape index (κ3) is 3.06. The molecule has 0 radical (unpaired) electrons. The van der Waals surface area contributed by atoms with Gasteiger partial charge in [0, 0.05) is 11.3 Å². The average Bonchev–Trinajstić information content (AvgIpc) is 2.29. The Morgan fingerprint density at radius 2 is 2.06 bits per heavy atom. The number of carbonyl (C=O) groups is 1. The third-order valence-electron chi connectivity index (χ3n) is 2.45. The highest BCUT2D eigenvalue weighted by atomic mass is 35.5. The summed E-state index contributed by atoms with van der Waals surface area (Å²) in [4.78, 5) is 12.3. The Labute approximate surface area is 105 Å². The molecule has 5 heteroatoms. The fourth-order valence-corrected chi connectivity index (χ4v) is 2.02. The molecule has 1 atom stereocenters. The van der Waals surface area contributed by atoms with Crippen LogP contribution in [-0.2, 0) is 4.74 Å². The maximum atomic E-state index is 11.0. The molecule has 3 nitrogen and oxygen atoms in total. The summed E-state index contributed by atoms with van der Waals surface area (Å²) in [5.41, 5.74) is 1.14. The van der Waals surface area contributed by atoms with Gasteiger partial charge in [0.15, 0.2) is 0 Å². The molecule has 1 heterocycles. The lowest BCUT2D eigenvalue weighted by molar-refractivity contribution is 0.115. The van der Waals surface area contributed by atoms with Gasteiger partial charge in [-0.1, -0.05) is 12.1 Å². The molecule has 0 bridgehead atoms. The van der Waals surface area contributed by atoms with Crippen molar-refractivity contribution < 1.29 is 9.53 Å². The molecule has 1 amide bonds. The molecule has 2 rings (SSSR count). The van der Waals surface area contributed by atoms with E-state index in [1.165, 1.54) is 4.90 Å². The summed E-state index contributed by atoms with van der Waals surface area (Å²) in [6, 6.07) is 8.36. The zero-order valence-electron chi connectivity index (χ0n) is 8.93. The van der Waals surface area contributed by atoms with Gasteiger partial charge in [-0.15, -0.1) is 24.2 Å². The lowest BCUT2D eigenvalue weighted by Gasteiger charge is -2.23. The number of amides is 1. The van der Waals surface area contributed by atoms with Gasteiger partial charge in [-0.25, -0.2) is 4.79 Å². The summed E-state index contributed by atoms with van der Waals surface area (Å²) in [5, 5.41) is 2.80. The first-order chi connectivity index (χ1) is 7.29. The SMILES string of the molecule is CSc1ccc([C@H]2CCOC(=O)N2)cc1.Cl. The van der Waals surface area contributed by atoms with Gasteiger partial charge < -0.3 is 10.1 Å². The van der Waals surface area contributed by atoms with Gasteiger partial charge in [-0.3, -0.25) is 0 Å². The number of hydrogen-bond acceptors (Lipinski definition) is 3. The smallest absolute Gasteiger partial charge is 0.407 e. The maximum absolute atomic E-state index is 11.0. The van der Waals surface area contributed by atoms with Gasteiger partial charge in [0.2, 0.25) is 0 Å². The van der Waals surface area contributed by atoms with E-state index >= 15 is 0 Å². The highest BCUT2D eigenvalue weighted by Crippen LogP contribution is 2.22. The largest absolute Gasteiger partial charge is 0.449 e. The molecule has 1 aromatic carbocycles. The summed E-state index contributed by atoms with van der Waals surface area (Å²) in [5.74, 6) is 0. The molecule has 1 aliphatic rings. The second-order valence-electron chi connectivity index (χ2n) is 3.39. The summed E-state index contributed by atoms with van der Waals surface area (Å²) in [6.45, 7) is 0.501. The predicted molar refractivity (Wildman–Crippen MR) is 67.3 cm³/mol. The van der Waals surface area contributed by atoms with Crippen LogP contribution in [-0.4, -0.2) is 19.0 Å². The van der Waals surface area contributed by atoms with Crippen LogP contribution < -0.4 is 5.32 Å². The van der Waals surface area contributed by atoms with Gasteiger partial charge in [-0.2, -0.15) is 0 Å². The van der Waals surface area contributed by atoms with E-state index in [-0.39, 0.29) is 24.5 Å². The number of ether oxygens (including phenoxy) is 1. The standard InChI is InChI=1S/C11H13NO2S.ClH/c1-15-9-4-2-8(3-5-9)10-6-7-14-11(13)12-10;/h2-5,10H,6-7H2,1H3,(H,12,13);1H/t10-;/m1./s1. The van der Waals surface area contributed by atoms with Crippen LogP contribution in [0.25, 0.3) is 0 Å². The van der Waals surface area contributed by atoms with Crippen LogP contribution in [0.2, 0.25) is 0 Å². The van der Waals surface area contributed by atoms with Gasteiger partial charge in [0.25, 0.3) is 0 Å². The van der Waals surface area contributed by atoms with Crippen LogP contribution in [0.5, 0.6) is 0 Å². The second-order valence-corrected chi connectivity index (χ2v) is 4.27. The molecule has 0 spiro atoms. The van der Waals surface area contributed by atoms with E-state index in [1.54, 1.807) is 11.8 Å². The van der Waals surface area contributed by atoms with Crippen LogP contribution in [0, 0.1) is 0 Å². The number of cyclic esters (lactones) is 1. The third-order valence-corrected chi connectivity index (χ3v) is 3.19. The van der Waals surface area contributed by atoms with Crippen molar-refractivity contribution in [2.45, 2.75) is 17.4 Å². The lowest BCUT2D eigenvalue weighted by Crippen LogP contribution is -2.35. The van der Waals surface area contributed by atoms with E-state index in [9.17, 15) is 4.79 Å². The number of thioether (sulfide) groups is 1. The van der Waals surface area contributed by atoms with Gasteiger partial charge in [0.05, 0.1) is 12.6 Å². The minimum absolute atomic E-state index is 0. The zero-order chi connectivity index (χ0) is 10.7. The van der Waals surface area contributed by atoms with Crippen molar-refractivity contribution in [3.63, 3.8) is 0 Å². The Balaban J connectivity index is 0.00000128. The van der Waals surface area contributed by atoms with E-state index in [4.69, 9.17) is 4.74 Å². The Hall–Kier alpha value is -0.870. The van der Waals surface area contributed by atoms with Crippen molar-refractivity contribution in [2.24, 2.45) is 0 Å². The van der Waals surface area contributed by atoms with Crippen LogP contribution in [0.4, 0.5) is 4.79 Å². The van der Waals surface area contributed by atoms with E-state index < -0.39 is 0 Å². The van der Waals surface area contributed by atoms with Crippen LogP contribution >= 0.6 is 24.2 Å². The molecule has 1 aliphatic heterocycles. The molecule has 1 N–H and O–H groups in total. The Morgan fingerprint density at radius 1 is 1.38 bits per heavy atom. The first-order valence-electron chi connectivity index (χ1n) is 4.87. The molecule has 88 valence electrons. The van der Waals surface area contributed by atoms with Gasteiger partial charge in [-0.05, 0) is 24.0 Å². The van der Waals surface area contributed by atoms with E-state index in [2.05, 4.69) is 29.6 Å². The number of nitrogens with one attached hydrogen (secondary N) is 1. The van der Waals surface area contributed by atoms with Crippen molar-refractivity contribution in [2.75, 3.05) is 12.9 Å². The highest BCUT2D eigenvalue weighted by molar-refractivity contribution is 7.98. The van der Waals surface area contributed by atoms with Crippen molar-refractivity contribution >= 4 is 30.3 Å². The maximum Gasteiger partial charge on any atom is 0.407 e. The molecule has 0 unspecified atom stereocenters. The van der Waals surface area contributed by atoms with Crippen molar-refractivity contribution in [1.82, 2.24) is 5.32 Å². The van der Waals surface area contributed by atoms with Gasteiger partial charge >= 0.3 is 6.09 Å². The van der Waals surface area contributed by atoms with Crippen LogP contribution in [0.3, 0.4) is 0 Å². The minimum Gasteiger partial charge on any atom is -0.449 e. The molecule has 1 fully saturated rings. The first kappa shape index (κ1) is 13.2. The summed E-state index contributed by atoms with van der Waals surface area (Å²) in [7, 11) is 0. The van der Waals surface area contributed by atoms with Crippen molar-refractivity contribution in [3.05, 3.63) is 29.8 Å². The topological polar surface area (TPSA) is 38.3 Å². The summed E-state index contributed by atoms with van der Waals surface area (Å²) >= 11 is 1.71. The fraction of sp³-hybridized carbons (Fsp3) is 0.364. The second kappa shape index (κ2) is 6.01. The molecule has 0 aliphatic carbocycles. The zero-order valence-corrected chi connectivity index (χ0v) is 10.6. The quantitative estimate of drug-likeness (QED) is 0.830. The average molecular weight is 260 g/mol. The predicted octanol–water partition coefficient (Wildman–Crippen LogP) is 3.00. The van der Waals surface area contributed by atoms with E-state index in [0.717, 1.165) is 12.0 Å². The molecule has 1 aromatic rings. The number of hydrogen-bond donors (Lipinski definition) is 1. The molecule has 1 saturated heterocycles. The summed E-state index contributed by atoms with van der Waals surface area (Å²) < 4.78 is 4.82. The molecular formula is C11H14ClNO2S. The van der Waals surface area contributed by atoms with Crippen molar-refractivity contribution in [3.8, 4) is 0 Å². The van der Waals surface area contributed by atoms with Gasteiger partial charge in [0.1, 0.15) is 0 Å². The highest BCUT2D eigenvalue weighted by Gasteiger charge is 2.20. The Kier molecular flexibility index (Phi) is 4.96. The van der Waals surface area contributed by atoms with Crippen LogP contribution in [0.15, 0.2) is 29.2 Å². The number of carbonyl (C=O) groups excluding carboxylic acids is 1. The normalized spacial score (nSPS) is 19.3. The summed E-state index contributed by atoms with van der Waals surface area (Å²) in [6.07, 6.45) is 2.57. The Bertz CT molecular complexity index is 356. The fourth-order valence-electron chi connectivity index (χ4n) is 1.61. The molecule has 16 heavy (non-hydrogen) atoms.